The molecule has 0 spiro atoms. The number of halogens is 3. The van der Waals surface area contributed by atoms with E-state index in [0.29, 0.717) is 41.9 Å². The van der Waals surface area contributed by atoms with Gasteiger partial charge in [-0.05, 0) is 66.8 Å². The highest BCUT2D eigenvalue weighted by Gasteiger charge is 2.31. The molecule has 5 rings (SSSR count). The number of pyridine rings is 1. The van der Waals surface area contributed by atoms with Gasteiger partial charge in [-0.15, -0.1) is 0 Å². The van der Waals surface area contributed by atoms with Gasteiger partial charge in [0.25, 0.3) is 0 Å². The Labute approximate surface area is 240 Å². The molecule has 2 aliphatic rings. The summed E-state index contributed by atoms with van der Waals surface area (Å²) in [6, 6.07) is 10.4. The third-order valence-electron chi connectivity index (χ3n) is 7.46. The lowest BCUT2D eigenvalue weighted by Gasteiger charge is -2.34. The number of carbonyl (C=O) groups excluding carboxylic acids is 2. The van der Waals surface area contributed by atoms with E-state index in [1.807, 2.05) is 6.07 Å². The van der Waals surface area contributed by atoms with Crippen LogP contribution in [0.2, 0.25) is 5.02 Å². The highest BCUT2D eigenvalue weighted by Crippen LogP contribution is 2.38. The molecular weight excluding hydrogens is 554 g/mol. The molecule has 8 nitrogen and oxygen atoms in total. The molecule has 3 heterocycles. The fourth-order valence-electron chi connectivity index (χ4n) is 5.29. The minimum absolute atomic E-state index is 0.208. The van der Waals surface area contributed by atoms with E-state index in [0.717, 1.165) is 22.6 Å². The van der Waals surface area contributed by atoms with E-state index in [4.69, 9.17) is 11.6 Å². The standard InChI is InChI=1S/C30H27ClF2N4O4/c1-36(30(40)41)19-6-7-20-17-10-12-34-24(14-17)25(4-2-3-5-26(38)35-23(20)16-19)37-13-11-18(15-27(37)39)28-22(32)9-8-21(31)29(28)33/h6-10,12,14-16,25H,2-5,11,13H2,1H3,(H,35,38)(H,40,41)/t25-/m0/s1. The third-order valence-corrected chi connectivity index (χ3v) is 7.75. The van der Waals surface area contributed by atoms with Gasteiger partial charge in [-0.25, -0.2) is 13.6 Å². The smallest absolute Gasteiger partial charge is 0.411 e. The van der Waals surface area contributed by atoms with Crippen molar-refractivity contribution >= 4 is 46.5 Å². The van der Waals surface area contributed by atoms with Crippen LogP contribution in [0.25, 0.3) is 16.7 Å². The SMILES string of the molecule is CN(C(=O)O)c1ccc2c(c1)NC(=O)CCCC[C@H](N1CCC(c3c(F)ccc(Cl)c3F)=CC1=O)c1cc-2ccn1. The summed E-state index contributed by atoms with van der Waals surface area (Å²) in [5.41, 5.74) is 2.84. The predicted octanol–water partition coefficient (Wildman–Crippen LogP) is 6.66. The Bertz CT molecular complexity index is 1580. The lowest BCUT2D eigenvalue weighted by molar-refractivity contribution is -0.129. The zero-order valence-corrected chi connectivity index (χ0v) is 22.9. The van der Waals surface area contributed by atoms with Crippen LogP contribution in [0.3, 0.4) is 0 Å². The average molecular weight is 581 g/mol. The van der Waals surface area contributed by atoms with Gasteiger partial charge < -0.3 is 15.3 Å². The monoisotopic (exact) mass is 580 g/mol. The van der Waals surface area contributed by atoms with Gasteiger partial charge in [-0.2, -0.15) is 0 Å². The summed E-state index contributed by atoms with van der Waals surface area (Å²) in [7, 11) is 1.42. The van der Waals surface area contributed by atoms with Crippen LogP contribution in [0.15, 0.2) is 54.7 Å². The first-order valence-corrected chi connectivity index (χ1v) is 13.5. The van der Waals surface area contributed by atoms with Crippen LogP contribution in [0, 0.1) is 11.6 Å². The molecule has 2 bridgehead atoms. The van der Waals surface area contributed by atoms with Crippen LogP contribution in [0.5, 0.6) is 0 Å². The van der Waals surface area contributed by atoms with Crippen LogP contribution < -0.4 is 10.2 Å². The lowest BCUT2D eigenvalue weighted by atomic mass is 9.94. The quantitative estimate of drug-likeness (QED) is 0.337. The number of rotatable bonds is 3. The maximum atomic E-state index is 14.7. The Morgan fingerprint density at radius 1 is 1.12 bits per heavy atom. The molecule has 3 aromatic rings. The maximum Gasteiger partial charge on any atom is 0.411 e. The average Bonchev–Trinajstić information content (AvgIpc) is 2.95. The second-order valence-electron chi connectivity index (χ2n) is 10.0. The number of hydrogen-bond donors (Lipinski definition) is 2. The molecule has 3 amide bonds. The number of hydrogen-bond acceptors (Lipinski definition) is 4. The zero-order chi connectivity index (χ0) is 29.3. The number of nitrogens with one attached hydrogen (secondary N) is 1. The summed E-state index contributed by atoms with van der Waals surface area (Å²) >= 11 is 5.87. The van der Waals surface area contributed by atoms with Crippen LogP contribution in [-0.2, 0) is 9.59 Å². The summed E-state index contributed by atoms with van der Waals surface area (Å²) in [6.07, 6.45) is 3.91. The molecule has 0 unspecified atom stereocenters. The number of aromatic nitrogens is 1. The molecule has 0 saturated carbocycles. The molecule has 2 aromatic carbocycles. The van der Waals surface area contributed by atoms with E-state index in [1.165, 1.54) is 13.1 Å². The van der Waals surface area contributed by atoms with Gasteiger partial charge >= 0.3 is 6.09 Å². The Hall–Kier alpha value is -4.31. The van der Waals surface area contributed by atoms with Crippen LogP contribution in [0.4, 0.5) is 25.0 Å². The minimum atomic E-state index is -1.14. The van der Waals surface area contributed by atoms with Crippen molar-refractivity contribution < 1.29 is 28.3 Å². The van der Waals surface area contributed by atoms with E-state index in [1.54, 1.807) is 35.4 Å². The number of carbonyl (C=O) groups is 3. The number of benzene rings is 2. The van der Waals surface area contributed by atoms with Crippen molar-refractivity contribution in [2.75, 3.05) is 23.8 Å². The number of anilines is 2. The van der Waals surface area contributed by atoms with Crippen molar-refractivity contribution in [1.29, 1.82) is 0 Å². The largest absolute Gasteiger partial charge is 0.465 e. The number of nitrogens with zero attached hydrogens (tertiary/aromatic N) is 3. The van der Waals surface area contributed by atoms with Gasteiger partial charge in [0.1, 0.15) is 5.82 Å². The summed E-state index contributed by atoms with van der Waals surface area (Å²) in [6.45, 7) is 0.217. The van der Waals surface area contributed by atoms with E-state index >= 15 is 0 Å². The van der Waals surface area contributed by atoms with Crippen LogP contribution in [-0.4, -0.2) is 46.5 Å². The Morgan fingerprint density at radius 3 is 2.68 bits per heavy atom. The molecule has 41 heavy (non-hydrogen) atoms. The van der Waals surface area contributed by atoms with E-state index in [-0.39, 0.29) is 41.5 Å². The molecule has 1 atom stereocenters. The fourth-order valence-corrected chi connectivity index (χ4v) is 5.44. The van der Waals surface area contributed by atoms with Gasteiger partial charge in [0.2, 0.25) is 11.8 Å². The van der Waals surface area contributed by atoms with Gasteiger partial charge in [0, 0.05) is 43.5 Å². The number of amides is 3. The zero-order valence-electron chi connectivity index (χ0n) is 22.2. The Kier molecular flexibility index (Phi) is 8.03. The second kappa shape index (κ2) is 11.7. The van der Waals surface area contributed by atoms with Crippen molar-refractivity contribution in [1.82, 2.24) is 9.88 Å². The van der Waals surface area contributed by atoms with Crippen molar-refractivity contribution in [3.05, 3.63) is 82.7 Å². The molecule has 0 aliphatic carbocycles. The molecule has 0 saturated heterocycles. The molecule has 2 N–H and O–H groups in total. The van der Waals surface area contributed by atoms with Crippen molar-refractivity contribution in [2.45, 2.75) is 38.1 Å². The molecule has 0 radical (unpaired) electrons. The topological polar surface area (TPSA) is 103 Å². The highest BCUT2D eigenvalue weighted by molar-refractivity contribution is 6.31. The molecule has 2 aliphatic heterocycles. The molecule has 11 heteroatoms. The van der Waals surface area contributed by atoms with E-state index in [2.05, 4.69) is 10.3 Å². The first kappa shape index (κ1) is 28.2. The molecule has 0 fully saturated rings. The van der Waals surface area contributed by atoms with Gasteiger partial charge in [-0.3, -0.25) is 19.5 Å². The molecule has 212 valence electrons. The number of carboxylic acid groups (broad SMARTS) is 1. The summed E-state index contributed by atoms with van der Waals surface area (Å²) in [4.78, 5) is 45.0. The Balaban J connectivity index is 1.52. The highest BCUT2D eigenvalue weighted by atomic mass is 35.5. The summed E-state index contributed by atoms with van der Waals surface area (Å²) in [5, 5.41) is 12.1. The third kappa shape index (κ3) is 5.78. The molecule has 1 aromatic heterocycles. The first-order chi connectivity index (χ1) is 19.6. The number of fused-ring (bicyclic) bond motifs is 4. The summed E-state index contributed by atoms with van der Waals surface area (Å²) < 4.78 is 29.2. The second-order valence-corrected chi connectivity index (χ2v) is 10.4. The fraction of sp³-hybridized carbons (Fsp3) is 0.267. The summed E-state index contributed by atoms with van der Waals surface area (Å²) in [5.74, 6) is -2.28. The van der Waals surface area contributed by atoms with E-state index in [9.17, 15) is 28.3 Å². The van der Waals surface area contributed by atoms with Gasteiger partial charge in [0.15, 0.2) is 5.82 Å². The van der Waals surface area contributed by atoms with Gasteiger partial charge in [-0.1, -0.05) is 24.1 Å². The Morgan fingerprint density at radius 2 is 1.93 bits per heavy atom. The minimum Gasteiger partial charge on any atom is -0.465 e. The van der Waals surface area contributed by atoms with Gasteiger partial charge in [0.05, 0.1) is 28.0 Å². The van der Waals surface area contributed by atoms with Crippen LogP contribution in [0.1, 0.15) is 49.4 Å². The predicted molar refractivity (Wildman–Crippen MR) is 152 cm³/mol. The van der Waals surface area contributed by atoms with Crippen LogP contribution >= 0.6 is 11.6 Å². The normalized spacial score (nSPS) is 17.5. The first-order valence-electron chi connectivity index (χ1n) is 13.2. The molecular formula is C30H27ClF2N4O4. The van der Waals surface area contributed by atoms with E-state index < -0.39 is 29.7 Å². The van der Waals surface area contributed by atoms with Crippen molar-refractivity contribution in [2.24, 2.45) is 0 Å². The maximum absolute atomic E-state index is 14.7. The lowest BCUT2D eigenvalue weighted by Crippen LogP contribution is -2.38. The van der Waals surface area contributed by atoms with Crippen molar-refractivity contribution in [3.8, 4) is 11.1 Å². The van der Waals surface area contributed by atoms with Crippen molar-refractivity contribution in [3.63, 3.8) is 0 Å².